The van der Waals surface area contributed by atoms with E-state index in [1.165, 1.54) is 0 Å². The van der Waals surface area contributed by atoms with Crippen molar-refractivity contribution in [3.8, 4) is 0 Å². The third-order valence-electron chi connectivity index (χ3n) is 3.56. The van der Waals surface area contributed by atoms with Gasteiger partial charge in [-0.05, 0) is 32.8 Å². The van der Waals surface area contributed by atoms with Crippen LogP contribution >= 0.6 is 0 Å². The zero-order chi connectivity index (χ0) is 13.3. The minimum Gasteiger partial charge on any atom is -0.390 e. The standard InChI is InChI=1S/C12H20N2O3S/c1-3-13-8-12(7-11(13)9-15)18(16,17)14-6-4-5-10(14)2/h7-8,10,15H,3-6,9H2,1-2H3. The molecule has 1 atom stereocenters. The topological polar surface area (TPSA) is 62.5 Å². The Morgan fingerprint density at radius 3 is 2.67 bits per heavy atom. The van der Waals surface area contributed by atoms with Gasteiger partial charge in [0.1, 0.15) is 4.90 Å². The highest BCUT2D eigenvalue weighted by Crippen LogP contribution is 2.26. The molecule has 2 rings (SSSR count). The number of sulfonamides is 1. The number of nitrogens with zero attached hydrogens (tertiary/aromatic N) is 2. The number of rotatable bonds is 4. The molecule has 1 aromatic rings. The molecular weight excluding hydrogens is 252 g/mol. The van der Waals surface area contributed by atoms with Crippen LogP contribution in [-0.2, 0) is 23.2 Å². The number of aliphatic hydroxyl groups is 1. The van der Waals surface area contributed by atoms with Crippen molar-refractivity contribution >= 4 is 10.0 Å². The average Bonchev–Trinajstić information content (AvgIpc) is 2.94. The number of aliphatic hydroxyl groups excluding tert-OH is 1. The molecule has 2 heterocycles. The van der Waals surface area contributed by atoms with Gasteiger partial charge < -0.3 is 9.67 Å². The van der Waals surface area contributed by atoms with Crippen molar-refractivity contribution in [3.63, 3.8) is 0 Å². The van der Waals surface area contributed by atoms with Crippen molar-refractivity contribution in [1.82, 2.24) is 8.87 Å². The first kappa shape index (κ1) is 13.6. The summed E-state index contributed by atoms with van der Waals surface area (Å²) in [6.07, 6.45) is 3.45. The third-order valence-corrected chi connectivity index (χ3v) is 5.54. The second kappa shape index (κ2) is 5.03. The largest absolute Gasteiger partial charge is 0.390 e. The summed E-state index contributed by atoms with van der Waals surface area (Å²) in [6.45, 7) is 4.97. The highest BCUT2D eigenvalue weighted by atomic mass is 32.2. The van der Waals surface area contributed by atoms with Crippen LogP contribution in [0.2, 0.25) is 0 Å². The fraction of sp³-hybridized carbons (Fsp3) is 0.667. The van der Waals surface area contributed by atoms with E-state index in [9.17, 15) is 13.5 Å². The van der Waals surface area contributed by atoms with Gasteiger partial charge in [0.2, 0.25) is 10.0 Å². The lowest BCUT2D eigenvalue weighted by molar-refractivity contribution is 0.271. The zero-order valence-corrected chi connectivity index (χ0v) is 11.7. The Bertz CT molecular complexity index is 500. The maximum Gasteiger partial charge on any atom is 0.244 e. The summed E-state index contributed by atoms with van der Waals surface area (Å²) in [6, 6.07) is 1.64. The van der Waals surface area contributed by atoms with Crippen molar-refractivity contribution in [2.75, 3.05) is 6.54 Å². The molecule has 0 spiro atoms. The van der Waals surface area contributed by atoms with Gasteiger partial charge in [-0.25, -0.2) is 8.42 Å². The van der Waals surface area contributed by atoms with Gasteiger partial charge in [-0.1, -0.05) is 0 Å². The van der Waals surface area contributed by atoms with E-state index >= 15 is 0 Å². The zero-order valence-electron chi connectivity index (χ0n) is 10.8. The van der Waals surface area contributed by atoms with E-state index < -0.39 is 10.0 Å². The maximum atomic E-state index is 12.5. The molecule has 1 aliphatic rings. The Kier molecular flexibility index (Phi) is 3.79. The summed E-state index contributed by atoms with van der Waals surface area (Å²) in [7, 11) is -3.41. The summed E-state index contributed by atoms with van der Waals surface area (Å²) in [5.74, 6) is 0. The molecule has 1 fully saturated rings. The molecule has 0 saturated carbocycles. The van der Waals surface area contributed by atoms with Crippen molar-refractivity contribution in [2.24, 2.45) is 0 Å². The first-order valence-corrected chi connectivity index (χ1v) is 7.76. The Labute approximate surface area is 108 Å². The summed E-state index contributed by atoms with van der Waals surface area (Å²) in [4.78, 5) is 0.294. The van der Waals surface area contributed by atoms with E-state index in [4.69, 9.17) is 0 Å². The second-order valence-electron chi connectivity index (χ2n) is 4.72. The summed E-state index contributed by atoms with van der Waals surface area (Å²) in [5.41, 5.74) is 0.642. The van der Waals surface area contributed by atoms with Crippen molar-refractivity contribution < 1.29 is 13.5 Å². The molecule has 0 amide bonds. The molecular formula is C12H20N2O3S. The van der Waals surface area contributed by atoms with Crippen LogP contribution in [-0.4, -0.2) is 35.0 Å². The van der Waals surface area contributed by atoms with Crippen LogP contribution in [0.4, 0.5) is 0 Å². The van der Waals surface area contributed by atoms with E-state index in [1.54, 1.807) is 21.1 Å². The first-order valence-electron chi connectivity index (χ1n) is 6.32. The molecule has 5 nitrogen and oxygen atoms in total. The molecule has 102 valence electrons. The second-order valence-corrected chi connectivity index (χ2v) is 6.61. The quantitative estimate of drug-likeness (QED) is 0.895. The van der Waals surface area contributed by atoms with Crippen LogP contribution in [0.5, 0.6) is 0 Å². The van der Waals surface area contributed by atoms with Gasteiger partial charge in [0.15, 0.2) is 0 Å². The van der Waals surface area contributed by atoms with Gasteiger partial charge in [0, 0.05) is 31.0 Å². The summed E-state index contributed by atoms with van der Waals surface area (Å²) < 4.78 is 28.3. The van der Waals surface area contributed by atoms with Gasteiger partial charge in [-0.2, -0.15) is 4.31 Å². The van der Waals surface area contributed by atoms with Crippen LogP contribution in [0.1, 0.15) is 32.4 Å². The molecule has 0 radical (unpaired) electrons. The van der Waals surface area contributed by atoms with Crippen molar-refractivity contribution in [3.05, 3.63) is 18.0 Å². The number of aromatic nitrogens is 1. The summed E-state index contributed by atoms with van der Waals surface area (Å²) in [5, 5.41) is 9.22. The Morgan fingerprint density at radius 2 is 2.22 bits per heavy atom. The minimum atomic E-state index is -3.41. The molecule has 1 aromatic heterocycles. The van der Waals surface area contributed by atoms with Crippen LogP contribution in [0.3, 0.4) is 0 Å². The number of aryl methyl sites for hydroxylation is 1. The Morgan fingerprint density at radius 1 is 1.50 bits per heavy atom. The fourth-order valence-corrected chi connectivity index (χ4v) is 4.26. The molecule has 1 saturated heterocycles. The van der Waals surface area contributed by atoms with Gasteiger partial charge in [0.05, 0.1) is 6.61 Å². The molecule has 18 heavy (non-hydrogen) atoms. The van der Waals surface area contributed by atoms with E-state index in [0.29, 0.717) is 23.7 Å². The van der Waals surface area contributed by atoms with Crippen molar-refractivity contribution in [1.29, 1.82) is 0 Å². The Balaban J connectivity index is 2.38. The van der Waals surface area contributed by atoms with E-state index in [1.807, 2.05) is 13.8 Å². The van der Waals surface area contributed by atoms with E-state index in [0.717, 1.165) is 12.8 Å². The fourth-order valence-electron chi connectivity index (χ4n) is 2.49. The van der Waals surface area contributed by atoms with Crippen molar-refractivity contribution in [2.45, 2.75) is 50.8 Å². The third kappa shape index (κ3) is 2.20. The van der Waals surface area contributed by atoms with Gasteiger partial charge >= 0.3 is 0 Å². The average molecular weight is 272 g/mol. The van der Waals surface area contributed by atoms with Crippen LogP contribution < -0.4 is 0 Å². The monoisotopic (exact) mass is 272 g/mol. The van der Waals surface area contributed by atoms with Crippen LogP contribution in [0.25, 0.3) is 0 Å². The maximum absolute atomic E-state index is 12.5. The molecule has 6 heteroatoms. The van der Waals surface area contributed by atoms with Crippen LogP contribution in [0, 0.1) is 0 Å². The van der Waals surface area contributed by atoms with Gasteiger partial charge in [-0.15, -0.1) is 0 Å². The predicted octanol–water partition coefficient (Wildman–Crippen LogP) is 1.17. The lowest BCUT2D eigenvalue weighted by atomic mass is 10.3. The van der Waals surface area contributed by atoms with E-state index in [2.05, 4.69) is 0 Å². The lowest BCUT2D eigenvalue weighted by Crippen LogP contribution is -2.33. The summed E-state index contributed by atoms with van der Waals surface area (Å²) >= 11 is 0. The molecule has 1 N–H and O–H groups in total. The lowest BCUT2D eigenvalue weighted by Gasteiger charge is -2.19. The predicted molar refractivity (Wildman–Crippen MR) is 68.6 cm³/mol. The van der Waals surface area contributed by atoms with Gasteiger partial charge in [-0.3, -0.25) is 0 Å². The molecule has 0 aromatic carbocycles. The molecule has 0 aliphatic carbocycles. The first-order chi connectivity index (χ1) is 8.50. The number of hydrogen-bond donors (Lipinski definition) is 1. The highest BCUT2D eigenvalue weighted by molar-refractivity contribution is 7.89. The molecule has 1 aliphatic heterocycles. The smallest absolute Gasteiger partial charge is 0.244 e. The number of hydrogen-bond acceptors (Lipinski definition) is 3. The SMILES string of the molecule is CCn1cc(S(=O)(=O)N2CCCC2C)cc1CO. The van der Waals surface area contributed by atoms with E-state index in [-0.39, 0.29) is 12.6 Å². The highest BCUT2D eigenvalue weighted by Gasteiger charge is 2.33. The Hall–Kier alpha value is -0.850. The molecule has 1 unspecified atom stereocenters. The molecule has 0 bridgehead atoms. The van der Waals surface area contributed by atoms with Gasteiger partial charge in [0.25, 0.3) is 0 Å². The minimum absolute atomic E-state index is 0.0672. The normalized spacial score (nSPS) is 21.6. The van der Waals surface area contributed by atoms with Crippen LogP contribution in [0.15, 0.2) is 17.2 Å².